The van der Waals surface area contributed by atoms with E-state index in [4.69, 9.17) is 9.47 Å². The highest BCUT2D eigenvalue weighted by molar-refractivity contribution is 5.82. The third-order valence-electron chi connectivity index (χ3n) is 13.8. The Bertz CT molecular complexity index is 996. The minimum atomic E-state index is -1.09. The van der Waals surface area contributed by atoms with E-state index in [9.17, 15) is 19.8 Å². The van der Waals surface area contributed by atoms with Crippen molar-refractivity contribution in [1.82, 2.24) is 0 Å². The first-order chi connectivity index (χ1) is 16.7. The molecular formula is C30H46O6. The quantitative estimate of drug-likeness (QED) is 0.508. The number of hydrogen-bond acceptors (Lipinski definition) is 6. The van der Waals surface area contributed by atoms with E-state index in [0.717, 1.165) is 51.4 Å². The third kappa shape index (κ3) is 2.71. The molecule has 0 aromatic heterocycles. The molecule has 0 amide bonds. The van der Waals surface area contributed by atoms with E-state index in [0.29, 0.717) is 6.42 Å². The van der Waals surface area contributed by atoms with Crippen LogP contribution in [0.3, 0.4) is 0 Å². The Morgan fingerprint density at radius 1 is 0.861 bits per heavy atom. The summed E-state index contributed by atoms with van der Waals surface area (Å²) < 4.78 is 12.1. The van der Waals surface area contributed by atoms with Gasteiger partial charge in [-0.05, 0) is 98.7 Å². The molecular weight excluding hydrogens is 456 g/mol. The lowest BCUT2D eigenvalue weighted by Crippen LogP contribution is -2.70. The lowest BCUT2D eigenvalue weighted by molar-refractivity contribution is -0.251. The van der Waals surface area contributed by atoms with Crippen LogP contribution in [0.1, 0.15) is 99.3 Å². The second-order valence-corrected chi connectivity index (χ2v) is 15.2. The van der Waals surface area contributed by atoms with Gasteiger partial charge in [-0.15, -0.1) is 0 Å². The van der Waals surface area contributed by atoms with Crippen molar-refractivity contribution in [1.29, 1.82) is 0 Å². The summed E-state index contributed by atoms with van der Waals surface area (Å²) >= 11 is 0. The van der Waals surface area contributed by atoms with Gasteiger partial charge >= 0.3 is 11.9 Å². The molecule has 6 rings (SSSR count). The first-order valence-corrected chi connectivity index (χ1v) is 14.4. The summed E-state index contributed by atoms with van der Waals surface area (Å²) in [4.78, 5) is 26.6. The number of carbonyl (C=O) groups is 2. The highest BCUT2D eigenvalue weighted by Gasteiger charge is 2.81. The number of hydrogen-bond donors (Lipinski definition) is 2. The second kappa shape index (κ2) is 7.28. The maximum absolute atomic E-state index is 14.1. The van der Waals surface area contributed by atoms with Gasteiger partial charge in [0.05, 0.1) is 5.41 Å². The third-order valence-corrected chi connectivity index (χ3v) is 13.8. The van der Waals surface area contributed by atoms with Crippen LogP contribution in [-0.4, -0.2) is 47.1 Å². The van der Waals surface area contributed by atoms with Gasteiger partial charge in [-0.25, -0.2) is 4.79 Å². The molecule has 2 aliphatic heterocycles. The Balaban J connectivity index is 1.47. The molecule has 2 bridgehead atoms. The molecule has 3 unspecified atom stereocenters. The fourth-order valence-electron chi connectivity index (χ4n) is 11.4. The molecule has 2 N–H and O–H groups in total. The second-order valence-electron chi connectivity index (χ2n) is 15.2. The topological polar surface area (TPSA) is 93.1 Å². The Morgan fingerprint density at radius 2 is 1.58 bits per heavy atom. The lowest BCUT2D eigenvalue weighted by atomic mass is 9.30. The van der Waals surface area contributed by atoms with Gasteiger partial charge in [-0.2, -0.15) is 0 Å². The zero-order valence-electron chi connectivity index (χ0n) is 23.1. The largest absolute Gasteiger partial charge is 0.461 e. The van der Waals surface area contributed by atoms with Gasteiger partial charge < -0.3 is 19.7 Å². The Morgan fingerprint density at radius 3 is 2.28 bits per heavy atom. The highest BCUT2D eigenvalue weighted by atomic mass is 16.6. The standard InChI is InChI=1S/C30H46O6/c1-17-27(4)8-7-19-28(5,20(27)13-18(32)23(33)35-17)11-12-30-21-14-25(2,16-31)9-10-26(21,3)15-22(29(19,30)6)36-24(30)34/h17-22,31-32H,7-16H2,1-6H3/t17-,18+,19?,20?,21?,22+,25+,26-,27-,28-,29+,30+/m1/s1. The number of fused-ring (bicyclic) bond motifs is 4. The highest BCUT2D eigenvalue weighted by Crippen LogP contribution is 2.80. The average molecular weight is 503 g/mol. The summed E-state index contributed by atoms with van der Waals surface area (Å²) in [5.74, 6) is 0.121. The summed E-state index contributed by atoms with van der Waals surface area (Å²) in [6, 6.07) is 0. The zero-order valence-corrected chi connectivity index (χ0v) is 23.1. The van der Waals surface area contributed by atoms with E-state index >= 15 is 0 Å². The number of esters is 2. The van der Waals surface area contributed by atoms with E-state index in [-0.39, 0.29) is 69.6 Å². The van der Waals surface area contributed by atoms with Crippen LogP contribution in [0.5, 0.6) is 0 Å². The first kappa shape index (κ1) is 25.2. The number of rotatable bonds is 1. The van der Waals surface area contributed by atoms with Crippen molar-refractivity contribution in [2.45, 2.75) is 118 Å². The lowest BCUT2D eigenvalue weighted by Gasteiger charge is -2.71. The first-order valence-electron chi connectivity index (χ1n) is 14.4. The van der Waals surface area contributed by atoms with Gasteiger partial charge in [0.1, 0.15) is 12.2 Å². The molecule has 0 aromatic carbocycles. The van der Waals surface area contributed by atoms with Crippen LogP contribution in [-0.2, 0) is 19.1 Å². The number of ether oxygens (including phenoxy) is 2. The smallest absolute Gasteiger partial charge is 0.335 e. The monoisotopic (exact) mass is 502 g/mol. The van der Waals surface area contributed by atoms with Gasteiger partial charge in [0.15, 0.2) is 6.10 Å². The van der Waals surface area contributed by atoms with Crippen LogP contribution in [0.2, 0.25) is 0 Å². The molecule has 2 saturated heterocycles. The van der Waals surface area contributed by atoms with Gasteiger partial charge in [-0.3, -0.25) is 4.79 Å². The SMILES string of the molecule is C[C@H]1OC(=O)[C@@H](O)CC2[C@]3(C)CC[C@@]45C(=O)O[C@@H](C[C@@]6(C)CC[C@](C)(CO)CC64)[C@]5(C)C3CC[C@@]21C. The minimum Gasteiger partial charge on any atom is -0.461 e. The molecule has 0 spiro atoms. The summed E-state index contributed by atoms with van der Waals surface area (Å²) in [5.41, 5.74) is -1.24. The van der Waals surface area contributed by atoms with Crippen LogP contribution in [0.15, 0.2) is 0 Å². The van der Waals surface area contributed by atoms with Crippen LogP contribution in [0.4, 0.5) is 0 Å². The predicted molar refractivity (Wildman–Crippen MR) is 134 cm³/mol. The van der Waals surface area contributed by atoms with Crippen molar-refractivity contribution in [2.24, 2.45) is 50.2 Å². The van der Waals surface area contributed by atoms with E-state index in [1.807, 2.05) is 6.92 Å². The fourth-order valence-corrected chi connectivity index (χ4v) is 11.4. The molecule has 2 heterocycles. The molecule has 0 radical (unpaired) electrons. The van der Waals surface area contributed by atoms with Crippen LogP contribution in [0.25, 0.3) is 0 Å². The Hall–Kier alpha value is -1.14. The number of carbonyl (C=O) groups excluding carboxylic acids is 2. The minimum absolute atomic E-state index is 0.00841. The molecule has 202 valence electrons. The molecule has 36 heavy (non-hydrogen) atoms. The van der Waals surface area contributed by atoms with Gasteiger partial charge in [0.25, 0.3) is 0 Å². The molecule has 6 heteroatoms. The van der Waals surface area contributed by atoms with E-state index in [1.165, 1.54) is 0 Å². The Kier molecular flexibility index (Phi) is 5.09. The van der Waals surface area contributed by atoms with Crippen molar-refractivity contribution in [3.8, 4) is 0 Å². The van der Waals surface area contributed by atoms with Gasteiger partial charge in [-0.1, -0.05) is 34.6 Å². The van der Waals surface area contributed by atoms with E-state index in [1.54, 1.807) is 0 Å². The summed E-state index contributed by atoms with van der Waals surface area (Å²) in [6.07, 6.45) is 6.39. The maximum Gasteiger partial charge on any atom is 0.335 e. The van der Waals surface area contributed by atoms with Crippen molar-refractivity contribution >= 4 is 11.9 Å². The molecule has 6 aliphatic rings. The molecule has 12 atom stereocenters. The van der Waals surface area contributed by atoms with Crippen LogP contribution in [0, 0.1) is 50.2 Å². The maximum atomic E-state index is 14.1. The van der Waals surface area contributed by atoms with Gasteiger partial charge in [0, 0.05) is 17.4 Å². The number of aliphatic hydroxyl groups excluding tert-OH is 2. The molecule has 6 fully saturated rings. The summed E-state index contributed by atoms with van der Waals surface area (Å²) in [7, 11) is 0. The molecule has 4 saturated carbocycles. The molecule has 6 nitrogen and oxygen atoms in total. The van der Waals surface area contributed by atoms with Crippen molar-refractivity contribution in [3.63, 3.8) is 0 Å². The van der Waals surface area contributed by atoms with E-state index in [2.05, 4.69) is 34.6 Å². The van der Waals surface area contributed by atoms with Crippen molar-refractivity contribution < 1.29 is 29.3 Å². The number of cyclic esters (lactones) is 1. The number of aliphatic hydroxyl groups is 2. The summed E-state index contributed by atoms with van der Waals surface area (Å²) in [5, 5.41) is 21.1. The van der Waals surface area contributed by atoms with Crippen LogP contribution >= 0.6 is 0 Å². The predicted octanol–water partition coefficient (Wildman–Crippen LogP) is 4.64. The van der Waals surface area contributed by atoms with E-state index < -0.39 is 17.5 Å². The fraction of sp³-hybridized carbons (Fsp3) is 0.933. The van der Waals surface area contributed by atoms with Crippen molar-refractivity contribution in [2.75, 3.05) is 6.61 Å². The van der Waals surface area contributed by atoms with Crippen molar-refractivity contribution in [3.05, 3.63) is 0 Å². The zero-order chi connectivity index (χ0) is 26.1. The van der Waals surface area contributed by atoms with Crippen LogP contribution < -0.4 is 0 Å². The molecule has 0 aromatic rings. The Labute approximate surface area is 215 Å². The van der Waals surface area contributed by atoms with Gasteiger partial charge in [0.2, 0.25) is 0 Å². The summed E-state index contributed by atoms with van der Waals surface area (Å²) in [6.45, 7) is 13.7. The normalized spacial score (nSPS) is 60.0. The average Bonchev–Trinajstić information content (AvgIpc) is 2.90. The molecule has 4 aliphatic carbocycles.